The van der Waals surface area contributed by atoms with Crippen LogP contribution >= 0.6 is 0 Å². The zero-order valence-corrected chi connectivity index (χ0v) is 17.1. The highest BCUT2D eigenvalue weighted by Crippen LogP contribution is 2.44. The Morgan fingerprint density at radius 1 is 1.07 bits per heavy atom. The molecule has 0 saturated heterocycles. The molecule has 3 N–H and O–H groups in total. The van der Waals surface area contributed by atoms with E-state index in [9.17, 15) is 19.8 Å². The number of benzene rings is 2. The largest absolute Gasteiger partial charge is 0.480 e. The minimum absolute atomic E-state index is 0.102. The van der Waals surface area contributed by atoms with Crippen molar-refractivity contribution in [3.05, 3.63) is 59.7 Å². The van der Waals surface area contributed by atoms with Crippen LogP contribution in [0.5, 0.6) is 0 Å². The smallest absolute Gasteiger partial charge is 0.407 e. The summed E-state index contributed by atoms with van der Waals surface area (Å²) >= 11 is 0. The molecule has 2 aromatic carbocycles. The number of nitrogens with one attached hydrogen (secondary N) is 1. The average molecular weight is 413 g/mol. The van der Waals surface area contributed by atoms with Gasteiger partial charge in [-0.15, -0.1) is 0 Å². The van der Waals surface area contributed by atoms with Crippen molar-refractivity contribution in [1.82, 2.24) is 5.32 Å². The summed E-state index contributed by atoms with van der Waals surface area (Å²) < 4.78 is 10.7. The number of carboxylic acids is 1. The van der Waals surface area contributed by atoms with Crippen molar-refractivity contribution >= 4 is 12.1 Å². The zero-order valence-electron chi connectivity index (χ0n) is 17.1. The fourth-order valence-corrected chi connectivity index (χ4v) is 3.48. The molecule has 0 bridgehead atoms. The van der Waals surface area contributed by atoms with E-state index in [0.717, 1.165) is 22.3 Å². The predicted molar refractivity (Wildman–Crippen MR) is 111 cm³/mol. The molecule has 1 amide bonds. The topological polar surface area (TPSA) is 105 Å². The van der Waals surface area contributed by atoms with Crippen LogP contribution in [-0.2, 0) is 14.3 Å². The molecule has 1 aliphatic rings. The lowest BCUT2D eigenvalue weighted by molar-refractivity contribution is -0.141. The molecule has 1 unspecified atom stereocenters. The Balaban J connectivity index is 1.56. The molecule has 1 atom stereocenters. The van der Waals surface area contributed by atoms with Crippen LogP contribution in [0.2, 0.25) is 0 Å². The Morgan fingerprint density at radius 3 is 2.17 bits per heavy atom. The van der Waals surface area contributed by atoms with Crippen molar-refractivity contribution in [2.75, 3.05) is 19.8 Å². The number of rotatable bonds is 9. The summed E-state index contributed by atoms with van der Waals surface area (Å²) in [6.45, 7) is 3.35. The Morgan fingerprint density at radius 2 is 1.63 bits per heavy atom. The van der Waals surface area contributed by atoms with Crippen molar-refractivity contribution in [2.45, 2.75) is 37.8 Å². The molecule has 3 rings (SSSR count). The van der Waals surface area contributed by atoms with E-state index in [1.165, 1.54) is 0 Å². The predicted octanol–water partition coefficient (Wildman–Crippen LogP) is 3.16. The van der Waals surface area contributed by atoms with Crippen LogP contribution in [0.25, 0.3) is 11.1 Å². The average Bonchev–Trinajstić information content (AvgIpc) is 3.01. The molecule has 0 aromatic heterocycles. The van der Waals surface area contributed by atoms with Gasteiger partial charge in [0.15, 0.2) is 6.04 Å². The maximum absolute atomic E-state index is 12.2. The zero-order chi connectivity index (χ0) is 21.7. The third-order valence-corrected chi connectivity index (χ3v) is 5.08. The monoisotopic (exact) mass is 413 g/mol. The maximum atomic E-state index is 12.2. The van der Waals surface area contributed by atoms with E-state index in [2.05, 4.69) is 5.32 Å². The lowest BCUT2D eigenvalue weighted by atomic mass is 9.98. The third kappa shape index (κ3) is 5.37. The highest BCUT2D eigenvalue weighted by molar-refractivity contribution is 5.81. The summed E-state index contributed by atoms with van der Waals surface area (Å²) in [6.07, 6.45) is -0.458. The van der Waals surface area contributed by atoms with E-state index in [0.29, 0.717) is 6.42 Å². The highest BCUT2D eigenvalue weighted by Gasteiger charge is 2.29. The summed E-state index contributed by atoms with van der Waals surface area (Å²) in [5.41, 5.74) is 3.49. The molecule has 7 heteroatoms. The first-order valence-electron chi connectivity index (χ1n) is 9.91. The van der Waals surface area contributed by atoms with Gasteiger partial charge in [-0.25, -0.2) is 9.59 Å². The van der Waals surface area contributed by atoms with Gasteiger partial charge in [-0.1, -0.05) is 48.5 Å². The fourth-order valence-electron chi connectivity index (χ4n) is 3.48. The molecule has 0 radical (unpaired) electrons. The molecule has 0 aliphatic heterocycles. The molecular weight excluding hydrogens is 386 g/mol. The SMILES string of the molecule is CC(C)(O)CCOCC(NC(=O)OCC1c2ccccc2-c2ccccc21)C(=O)O. The Labute approximate surface area is 175 Å². The summed E-state index contributed by atoms with van der Waals surface area (Å²) in [7, 11) is 0. The number of fused-ring (bicyclic) bond motifs is 3. The maximum Gasteiger partial charge on any atom is 0.407 e. The van der Waals surface area contributed by atoms with Gasteiger partial charge in [-0.05, 0) is 42.5 Å². The van der Waals surface area contributed by atoms with Crippen LogP contribution in [0.4, 0.5) is 4.79 Å². The van der Waals surface area contributed by atoms with E-state index in [1.54, 1.807) is 13.8 Å². The molecule has 1 aliphatic carbocycles. The van der Waals surface area contributed by atoms with E-state index in [1.807, 2.05) is 48.5 Å². The lowest BCUT2D eigenvalue weighted by Gasteiger charge is -2.19. The second kappa shape index (κ2) is 9.28. The van der Waals surface area contributed by atoms with Gasteiger partial charge in [0.2, 0.25) is 0 Å². The van der Waals surface area contributed by atoms with Crippen molar-refractivity contribution in [3.63, 3.8) is 0 Å². The van der Waals surface area contributed by atoms with Crippen LogP contribution in [0.3, 0.4) is 0 Å². The molecule has 2 aromatic rings. The molecule has 7 nitrogen and oxygen atoms in total. The quantitative estimate of drug-likeness (QED) is 0.546. The minimum atomic E-state index is -1.23. The number of amides is 1. The van der Waals surface area contributed by atoms with E-state index >= 15 is 0 Å². The number of aliphatic carboxylic acids is 1. The van der Waals surface area contributed by atoms with Gasteiger partial charge in [0, 0.05) is 12.5 Å². The first-order valence-corrected chi connectivity index (χ1v) is 9.91. The first kappa shape index (κ1) is 21.8. The molecule has 30 heavy (non-hydrogen) atoms. The summed E-state index contributed by atoms with van der Waals surface area (Å²) in [4.78, 5) is 23.7. The Bertz CT molecular complexity index is 859. The van der Waals surface area contributed by atoms with Gasteiger partial charge < -0.3 is 25.0 Å². The van der Waals surface area contributed by atoms with Gasteiger partial charge in [0.05, 0.1) is 12.2 Å². The van der Waals surface area contributed by atoms with Gasteiger partial charge >= 0.3 is 12.1 Å². The minimum Gasteiger partial charge on any atom is -0.480 e. The van der Waals surface area contributed by atoms with E-state index in [4.69, 9.17) is 9.47 Å². The Kier molecular flexibility index (Phi) is 6.74. The third-order valence-electron chi connectivity index (χ3n) is 5.08. The van der Waals surface area contributed by atoms with Gasteiger partial charge in [0.25, 0.3) is 0 Å². The second-order valence-corrected chi connectivity index (χ2v) is 8.00. The number of carbonyl (C=O) groups excluding carboxylic acids is 1. The summed E-state index contributed by atoms with van der Waals surface area (Å²) in [5.74, 6) is -1.32. The molecule has 160 valence electrons. The van der Waals surface area contributed by atoms with Crippen molar-refractivity contribution < 1.29 is 29.3 Å². The standard InChI is InChI=1S/C23H27NO6/c1-23(2,28)11-12-29-14-20(21(25)26)24-22(27)30-13-19-17-9-5-3-7-15(17)16-8-4-6-10-18(16)19/h3-10,19-20,28H,11-14H2,1-2H3,(H,24,27)(H,25,26). The number of hydrogen-bond donors (Lipinski definition) is 3. The van der Waals surface area contributed by atoms with E-state index in [-0.39, 0.29) is 25.7 Å². The van der Waals surface area contributed by atoms with Crippen LogP contribution in [0, 0.1) is 0 Å². The van der Waals surface area contributed by atoms with Crippen LogP contribution < -0.4 is 5.32 Å². The Hall–Kier alpha value is -2.90. The van der Waals surface area contributed by atoms with Crippen molar-refractivity contribution in [3.8, 4) is 11.1 Å². The number of carboxylic acid groups (broad SMARTS) is 1. The normalized spacial score (nSPS) is 14.0. The molecule has 0 heterocycles. The van der Waals surface area contributed by atoms with Crippen molar-refractivity contribution in [2.24, 2.45) is 0 Å². The molecular formula is C23H27NO6. The van der Waals surface area contributed by atoms with E-state index < -0.39 is 23.7 Å². The number of hydrogen-bond acceptors (Lipinski definition) is 5. The number of ether oxygens (including phenoxy) is 2. The molecule has 0 fully saturated rings. The van der Waals surface area contributed by atoms with Gasteiger partial charge in [-0.3, -0.25) is 0 Å². The summed E-state index contributed by atoms with van der Waals surface area (Å²) in [6, 6.07) is 14.7. The number of aliphatic hydroxyl groups is 1. The number of carbonyl (C=O) groups is 2. The summed E-state index contributed by atoms with van der Waals surface area (Å²) in [5, 5.41) is 21.3. The first-order chi connectivity index (χ1) is 14.3. The molecule has 0 saturated carbocycles. The van der Waals surface area contributed by atoms with Crippen LogP contribution in [-0.4, -0.2) is 53.7 Å². The molecule has 0 spiro atoms. The van der Waals surface area contributed by atoms with Crippen LogP contribution in [0.15, 0.2) is 48.5 Å². The van der Waals surface area contributed by atoms with Gasteiger partial charge in [0.1, 0.15) is 6.61 Å². The fraction of sp³-hybridized carbons (Fsp3) is 0.391. The van der Waals surface area contributed by atoms with Crippen LogP contribution in [0.1, 0.15) is 37.3 Å². The second-order valence-electron chi connectivity index (χ2n) is 8.00. The lowest BCUT2D eigenvalue weighted by Crippen LogP contribution is -2.44. The number of alkyl carbamates (subject to hydrolysis) is 1. The van der Waals surface area contributed by atoms with Crippen molar-refractivity contribution in [1.29, 1.82) is 0 Å². The highest BCUT2D eigenvalue weighted by atomic mass is 16.5. The van der Waals surface area contributed by atoms with Gasteiger partial charge in [-0.2, -0.15) is 0 Å².